The van der Waals surface area contributed by atoms with E-state index in [4.69, 9.17) is 9.84 Å². The molecule has 4 heterocycles. The molecule has 0 radical (unpaired) electrons. The van der Waals surface area contributed by atoms with E-state index in [1.165, 1.54) is 5.69 Å². The van der Waals surface area contributed by atoms with Crippen LogP contribution in [0.2, 0.25) is 0 Å². The summed E-state index contributed by atoms with van der Waals surface area (Å²) in [6.45, 7) is 3.13. The van der Waals surface area contributed by atoms with Gasteiger partial charge < -0.3 is 10.1 Å². The van der Waals surface area contributed by atoms with Gasteiger partial charge in [-0.25, -0.2) is 4.98 Å². The van der Waals surface area contributed by atoms with Crippen LogP contribution in [-0.2, 0) is 19.7 Å². The lowest BCUT2D eigenvalue weighted by atomic mass is 10.2. The number of aromatic nitrogens is 5. The molecule has 0 saturated heterocycles. The zero-order valence-corrected chi connectivity index (χ0v) is 15.3. The van der Waals surface area contributed by atoms with Gasteiger partial charge in [-0.2, -0.15) is 5.10 Å². The van der Waals surface area contributed by atoms with Crippen LogP contribution < -0.4 is 10.1 Å². The van der Waals surface area contributed by atoms with E-state index in [0.29, 0.717) is 6.61 Å². The van der Waals surface area contributed by atoms with Gasteiger partial charge >= 0.3 is 0 Å². The summed E-state index contributed by atoms with van der Waals surface area (Å²) in [5.41, 5.74) is 4.00. The van der Waals surface area contributed by atoms with Gasteiger partial charge in [-0.3, -0.25) is 14.2 Å². The zero-order valence-electron chi connectivity index (χ0n) is 15.3. The average Bonchev–Trinajstić information content (AvgIpc) is 3.40. The topological polar surface area (TPSA) is 69.8 Å². The van der Waals surface area contributed by atoms with Crippen LogP contribution >= 0.6 is 0 Å². The van der Waals surface area contributed by atoms with Crippen LogP contribution in [0, 0.1) is 0 Å². The molecule has 7 nitrogen and oxygen atoms in total. The Morgan fingerprint density at radius 3 is 2.79 bits per heavy atom. The SMILES string of the molecule is c1ccc(COc2ccc(-n3ccnc3-c3cc4n(n3)CCNC4)cc2)nc1. The predicted octanol–water partition coefficient (Wildman–Crippen LogP) is 2.81. The lowest BCUT2D eigenvalue weighted by Gasteiger charge is -2.13. The second-order valence-electron chi connectivity index (χ2n) is 6.65. The van der Waals surface area contributed by atoms with Crippen molar-refractivity contribution < 1.29 is 4.74 Å². The van der Waals surface area contributed by atoms with Crippen LogP contribution in [-0.4, -0.2) is 30.9 Å². The molecule has 0 fully saturated rings. The number of ether oxygens (including phenoxy) is 1. The Hall–Kier alpha value is -3.45. The van der Waals surface area contributed by atoms with Gasteiger partial charge in [0.2, 0.25) is 0 Å². The molecule has 0 amide bonds. The van der Waals surface area contributed by atoms with E-state index >= 15 is 0 Å². The van der Waals surface area contributed by atoms with Gasteiger partial charge in [0.25, 0.3) is 0 Å². The van der Waals surface area contributed by atoms with E-state index in [1.54, 1.807) is 12.4 Å². The molecule has 3 aromatic heterocycles. The smallest absolute Gasteiger partial charge is 0.165 e. The quantitative estimate of drug-likeness (QED) is 0.583. The van der Waals surface area contributed by atoms with Crippen molar-refractivity contribution in [3.8, 4) is 23.0 Å². The Balaban J connectivity index is 1.36. The minimum atomic E-state index is 0.449. The molecule has 0 bridgehead atoms. The highest BCUT2D eigenvalue weighted by Gasteiger charge is 2.16. The molecule has 1 aliphatic rings. The van der Waals surface area contributed by atoms with E-state index < -0.39 is 0 Å². The number of nitrogens with one attached hydrogen (secondary N) is 1. The van der Waals surface area contributed by atoms with Gasteiger partial charge in [-0.1, -0.05) is 6.07 Å². The first-order chi connectivity index (χ1) is 13.9. The van der Waals surface area contributed by atoms with E-state index in [9.17, 15) is 0 Å². The number of nitrogens with zero attached hydrogens (tertiary/aromatic N) is 5. The minimum absolute atomic E-state index is 0.449. The molecule has 4 aromatic rings. The lowest BCUT2D eigenvalue weighted by molar-refractivity contribution is 0.301. The molecular formula is C21H20N6O. The molecule has 28 heavy (non-hydrogen) atoms. The first-order valence-electron chi connectivity index (χ1n) is 9.31. The number of hydrogen-bond acceptors (Lipinski definition) is 5. The van der Waals surface area contributed by atoms with Crippen LogP contribution in [0.1, 0.15) is 11.4 Å². The van der Waals surface area contributed by atoms with Gasteiger partial charge in [0.15, 0.2) is 5.82 Å². The molecule has 5 rings (SSSR count). The lowest BCUT2D eigenvalue weighted by Crippen LogP contribution is -2.28. The Labute approximate surface area is 162 Å². The predicted molar refractivity (Wildman–Crippen MR) is 105 cm³/mol. The monoisotopic (exact) mass is 372 g/mol. The minimum Gasteiger partial charge on any atom is -0.487 e. The van der Waals surface area contributed by atoms with Crippen LogP contribution in [0.3, 0.4) is 0 Å². The third-order valence-corrected chi connectivity index (χ3v) is 4.77. The van der Waals surface area contributed by atoms with Crippen molar-refractivity contribution >= 4 is 0 Å². The second-order valence-corrected chi connectivity index (χ2v) is 6.65. The average molecular weight is 372 g/mol. The highest BCUT2D eigenvalue weighted by Crippen LogP contribution is 2.24. The first-order valence-corrected chi connectivity index (χ1v) is 9.31. The highest BCUT2D eigenvalue weighted by molar-refractivity contribution is 5.55. The molecule has 1 N–H and O–H groups in total. The van der Waals surface area contributed by atoms with E-state index in [2.05, 4.69) is 26.0 Å². The van der Waals surface area contributed by atoms with Crippen molar-refractivity contribution in [2.75, 3.05) is 6.54 Å². The van der Waals surface area contributed by atoms with Crippen molar-refractivity contribution in [2.45, 2.75) is 19.7 Å². The summed E-state index contributed by atoms with van der Waals surface area (Å²) in [5, 5.41) is 8.09. The number of pyridine rings is 1. The Morgan fingerprint density at radius 1 is 1.04 bits per heavy atom. The number of rotatable bonds is 5. The molecule has 0 atom stereocenters. The standard InChI is InChI=1S/C21H20N6O/c1-2-8-23-16(3-1)15-28-19-6-4-17(5-7-19)26-11-10-24-21(26)20-13-18-14-22-9-12-27(18)25-20/h1-8,10-11,13,22H,9,12,14-15H2. The summed E-state index contributed by atoms with van der Waals surface area (Å²) >= 11 is 0. The molecule has 7 heteroatoms. The van der Waals surface area contributed by atoms with Crippen molar-refractivity contribution in [1.29, 1.82) is 0 Å². The number of imidazole rings is 1. The summed E-state index contributed by atoms with van der Waals surface area (Å²) in [7, 11) is 0. The maximum atomic E-state index is 5.82. The van der Waals surface area contributed by atoms with Gasteiger partial charge in [0, 0.05) is 37.4 Å². The van der Waals surface area contributed by atoms with Crippen molar-refractivity contribution in [2.24, 2.45) is 0 Å². The van der Waals surface area contributed by atoms with Gasteiger partial charge in [0.05, 0.1) is 17.9 Å². The largest absolute Gasteiger partial charge is 0.487 e. The van der Waals surface area contributed by atoms with Crippen LogP contribution in [0.5, 0.6) is 5.75 Å². The summed E-state index contributed by atoms with van der Waals surface area (Å²) < 4.78 is 9.93. The van der Waals surface area contributed by atoms with E-state index in [1.807, 2.05) is 53.2 Å². The van der Waals surface area contributed by atoms with Crippen molar-refractivity contribution in [3.05, 3.63) is 78.5 Å². The Kier molecular flexibility index (Phi) is 4.34. The van der Waals surface area contributed by atoms with Gasteiger partial charge in [-0.15, -0.1) is 0 Å². The highest BCUT2D eigenvalue weighted by atomic mass is 16.5. The first kappa shape index (κ1) is 16.7. The third-order valence-electron chi connectivity index (χ3n) is 4.77. The van der Waals surface area contributed by atoms with E-state index in [0.717, 1.165) is 48.3 Å². The number of hydrogen-bond donors (Lipinski definition) is 1. The fourth-order valence-electron chi connectivity index (χ4n) is 3.35. The summed E-state index contributed by atoms with van der Waals surface area (Å²) in [6.07, 6.45) is 5.53. The summed E-state index contributed by atoms with van der Waals surface area (Å²) in [6, 6.07) is 15.9. The molecule has 0 unspecified atom stereocenters. The van der Waals surface area contributed by atoms with Crippen LogP contribution in [0.4, 0.5) is 0 Å². The molecule has 1 aliphatic heterocycles. The van der Waals surface area contributed by atoms with Crippen molar-refractivity contribution in [3.63, 3.8) is 0 Å². The van der Waals surface area contributed by atoms with E-state index in [-0.39, 0.29) is 0 Å². The Morgan fingerprint density at radius 2 is 1.96 bits per heavy atom. The van der Waals surface area contributed by atoms with Gasteiger partial charge in [0.1, 0.15) is 18.1 Å². The molecule has 0 spiro atoms. The number of fused-ring (bicyclic) bond motifs is 1. The summed E-state index contributed by atoms with van der Waals surface area (Å²) in [4.78, 5) is 8.81. The molecule has 0 saturated carbocycles. The zero-order chi connectivity index (χ0) is 18.8. The van der Waals surface area contributed by atoms with Gasteiger partial charge in [-0.05, 0) is 42.5 Å². The fourth-order valence-corrected chi connectivity index (χ4v) is 3.35. The second kappa shape index (κ2) is 7.28. The Bertz CT molecular complexity index is 1040. The maximum absolute atomic E-state index is 5.82. The number of benzene rings is 1. The molecule has 0 aliphatic carbocycles. The normalized spacial score (nSPS) is 13.3. The summed E-state index contributed by atoms with van der Waals surface area (Å²) in [5.74, 6) is 1.64. The van der Waals surface area contributed by atoms with Crippen molar-refractivity contribution in [1.82, 2.24) is 29.6 Å². The van der Waals surface area contributed by atoms with Crippen LogP contribution in [0.25, 0.3) is 17.2 Å². The molecule has 1 aromatic carbocycles. The molecule has 140 valence electrons. The third kappa shape index (κ3) is 3.27. The maximum Gasteiger partial charge on any atom is 0.165 e. The molecular weight excluding hydrogens is 352 g/mol. The van der Waals surface area contributed by atoms with Crippen LogP contribution in [0.15, 0.2) is 67.1 Å². The fraction of sp³-hybridized carbons (Fsp3) is 0.190.